The summed E-state index contributed by atoms with van der Waals surface area (Å²) in [5.74, 6) is -2.05. The maximum Gasteiger partial charge on any atom is 0.408 e. The van der Waals surface area contributed by atoms with E-state index >= 15 is 0 Å². The monoisotopic (exact) mass is 355 g/mol. The van der Waals surface area contributed by atoms with Crippen LogP contribution in [-0.2, 0) is 19.1 Å². The van der Waals surface area contributed by atoms with Crippen LogP contribution < -0.4 is 16.8 Å². The van der Waals surface area contributed by atoms with Gasteiger partial charge in [0.2, 0.25) is 5.91 Å². The van der Waals surface area contributed by atoms with Crippen LogP contribution in [0.1, 0.15) is 40.5 Å². The highest BCUT2D eigenvalue weighted by atomic mass is 16.6. The lowest BCUT2D eigenvalue weighted by Crippen LogP contribution is -2.59. The van der Waals surface area contributed by atoms with Gasteiger partial charge in [-0.3, -0.25) is 24.3 Å². The molecule has 10 nitrogen and oxygen atoms in total. The molecular formula is C15H25N5O5. The lowest BCUT2D eigenvalue weighted by atomic mass is 9.90. The minimum Gasteiger partial charge on any atom is -0.444 e. The highest BCUT2D eigenvalue weighted by molar-refractivity contribution is 6.22. The van der Waals surface area contributed by atoms with E-state index in [1.165, 1.54) is 6.92 Å². The molecule has 3 amide bonds. The minimum absolute atomic E-state index is 0.0511. The van der Waals surface area contributed by atoms with E-state index in [0.29, 0.717) is 0 Å². The van der Waals surface area contributed by atoms with Crippen molar-refractivity contribution in [2.24, 2.45) is 16.5 Å². The number of hydrogen-bond donors (Lipinski definition) is 3. The largest absolute Gasteiger partial charge is 0.444 e. The topological polar surface area (TPSA) is 157 Å². The van der Waals surface area contributed by atoms with Crippen molar-refractivity contribution in [3.8, 4) is 0 Å². The van der Waals surface area contributed by atoms with Gasteiger partial charge < -0.3 is 21.5 Å². The zero-order valence-electron chi connectivity index (χ0n) is 14.9. The lowest BCUT2D eigenvalue weighted by molar-refractivity contribution is -0.143. The van der Waals surface area contributed by atoms with Crippen LogP contribution in [0.5, 0.6) is 0 Å². The SMILES string of the molecule is CC(=O)N1CC(=O)C(CCCN=C(N)N)(NC(=O)OC(C)(C)C)C1=O. The number of ether oxygens (including phenoxy) is 1. The first-order valence-corrected chi connectivity index (χ1v) is 7.81. The summed E-state index contributed by atoms with van der Waals surface area (Å²) in [7, 11) is 0. The molecule has 1 unspecified atom stereocenters. The summed E-state index contributed by atoms with van der Waals surface area (Å²) in [5.41, 5.74) is 7.81. The molecule has 1 heterocycles. The molecule has 0 aromatic rings. The molecule has 1 saturated heterocycles. The van der Waals surface area contributed by atoms with E-state index in [1.54, 1.807) is 20.8 Å². The molecule has 0 bridgehead atoms. The molecule has 5 N–H and O–H groups in total. The molecule has 1 aliphatic heterocycles. The molecule has 0 aromatic heterocycles. The van der Waals surface area contributed by atoms with E-state index in [4.69, 9.17) is 16.2 Å². The first-order valence-electron chi connectivity index (χ1n) is 7.81. The van der Waals surface area contributed by atoms with E-state index < -0.39 is 41.4 Å². The molecule has 25 heavy (non-hydrogen) atoms. The van der Waals surface area contributed by atoms with Gasteiger partial charge >= 0.3 is 6.09 Å². The van der Waals surface area contributed by atoms with E-state index in [9.17, 15) is 19.2 Å². The Morgan fingerprint density at radius 2 is 1.92 bits per heavy atom. The number of aliphatic imine (C=N–C) groups is 1. The Bertz CT molecular complexity index is 606. The van der Waals surface area contributed by atoms with Crippen LogP contribution in [0.3, 0.4) is 0 Å². The Morgan fingerprint density at radius 1 is 1.32 bits per heavy atom. The van der Waals surface area contributed by atoms with Gasteiger partial charge in [-0.25, -0.2) is 4.79 Å². The summed E-state index contributed by atoms with van der Waals surface area (Å²) >= 11 is 0. The average Bonchev–Trinajstić information content (AvgIpc) is 2.66. The average molecular weight is 355 g/mol. The Hall–Kier alpha value is -2.65. The van der Waals surface area contributed by atoms with Crippen molar-refractivity contribution in [3.05, 3.63) is 0 Å². The molecule has 0 saturated carbocycles. The van der Waals surface area contributed by atoms with Crippen LogP contribution in [0.25, 0.3) is 0 Å². The third-order valence-corrected chi connectivity index (χ3v) is 3.49. The van der Waals surface area contributed by atoms with Crippen LogP contribution in [0, 0.1) is 0 Å². The normalized spacial score (nSPS) is 20.4. The summed E-state index contributed by atoms with van der Waals surface area (Å²) in [6, 6.07) is 0. The number of carbonyl (C=O) groups is 4. The van der Waals surface area contributed by atoms with Gasteiger partial charge in [-0.1, -0.05) is 0 Å². The van der Waals surface area contributed by atoms with Crippen molar-refractivity contribution in [1.29, 1.82) is 0 Å². The molecule has 0 aromatic carbocycles. The molecule has 0 aliphatic carbocycles. The molecule has 1 atom stereocenters. The fourth-order valence-corrected chi connectivity index (χ4v) is 2.42. The van der Waals surface area contributed by atoms with Crippen LogP contribution in [0.2, 0.25) is 0 Å². The Morgan fingerprint density at radius 3 is 2.36 bits per heavy atom. The zero-order valence-corrected chi connectivity index (χ0v) is 14.9. The number of rotatable bonds is 5. The third-order valence-electron chi connectivity index (χ3n) is 3.49. The number of carbonyl (C=O) groups excluding carboxylic acids is 4. The lowest BCUT2D eigenvalue weighted by Gasteiger charge is -2.28. The maximum absolute atomic E-state index is 12.6. The number of imide groups is 1. The molecule has 0 spiro atoms. The Labute approximate surface area is 145 Å². The van der Waals surface area contributed by atoms with Gasteiger partial charge in [0.05, 0.1) is 6.54 Å². The number of alkyl carbamates (subject to hydrolysis) is 1. The quantitative estimate of drug-likeness (QED) is 0.254. The molecule has 0 radical (unpaired) electrons. The number of ketones is 1. The van der Waals surface area contributed by atoms with Crippen molar-refractivity contribution in [1.82, 2.24) is 10.2 Å². The number of nitrogens with two attached hydrogens (primary N) is 2. The Balaban J connectivity index is 3.04. The summed E-state index contributed by atoms with van der Waals surface area (Å²) in [6.07, 6.45) is -0.720. The van der Waals surface area contributed by atoms with E-state index in [1.807, 2.05) is 0 Å². The van der Waals surface area contributed by atoms with E-state index in [0.717, 1.165) is 4.90 Å². The molecule has 1 aliphatic rings. The number of nitrogens with one attached hydrogen (secondary N) is 1. The van der Waals surface area contributed by atoms with Crippen molar-refractivity contribution in [2.75, 3.05) is 13.1 Å². The fraction of sp³-hybridized carbons (Fsp3) is 0.667. The van der Waals surface area contributed by atoms with Gasteiger partial charge in [0, 0.05) is 13.5 Å². The first-order chi connectivity index (χ1) is 11.4. The summed E-state index contributed by atoms with van der Waals surface area (Å²) in [4.78, 5) is 53.4. The van der Waals surface area contributed by atoms with Gasteiger partial charge in [0.15, 0.2) is 17.3 Å². The first kappa shape index (κ1) is 20.4. The number of nitrogens with zero attached hydrogens (tertiary/aromatic N) is 2. The maximum atomic E-state index is 12.6. The fourth-order valence-electron chi connectivity index (χ4n) is 2.42. The van der Waals surface area contributed by atoms with Gasteiger partial charge in [-0.15, -0.1) is 0 Å². The molecule has 1 rings (SSSR count). The number of hydrogen-bond acceptors (Lipinski definition) is 6. The van der Waals surface area contributed by atoms with Crippen molar-refractivity contribution >= 4 is 29.7 Å². The second-order valence-electron chi connectivity index (χ2n) is 6.78. The van der Waals surface area contributed by atoms with Gasteiger partial charge in [0.1, 0.15) is 5.60 Å². The number of amides is 3. The third kappa shape index (κ3) is 5.16. The number of Topliss-reactive ketones (excluding diaryl/α,β-unsaturated/α-hetero) is 1. The highest BCUT2D eigenvalue weighted by Crippen LogP contribution is 2.26. The van der Waals surface area contributed by atoms with Crippen molar-refractivity contribution in [3.63, 3.8) is 0 Å². The minimum atomic E-state index is -1.85. The van der Waals surface area contributed by atoms with Gasteiger partial charge in [-0.2, -0.15) is 0 Å². The van der Waals surface area contributed by atoms with Crippen LogP contribution in [0.15, 0.2) is 4.99 Å². The van der Waals surface area contributed by atoms with E-state index in [2.05, 4.69) is 10.3 Å². The van der Waals surface area contributed by atoms with Crippen molar-refractivity contribution < 1.29 is 23.9 Å². The summed E-state index contributed by atoms with van der Waals surface area (Å²) in [5, 5.41) is 2.36. The molecule has 140 valence electrons. The predicted octanol–water partition coefficient (Wildman–Crippen LogP) is -0.739. The second-order valence-corrected chi connectivity index (χ2v) is 6.78. The predicted molar refractivity (Wildman–Crippen MR) is 89.4 cm³/mol. The van der Waals surface area contributed by atoms with Crippen LogP contribution in [-0.4, -0.2) is 58.8 Å². The van der Waals surface area contributed by atoms with Gasteiger partial charge in [-0.05, 0) is 33.6 Å². The summed E-state index contributed by atoms with van der Waals surface area (Å²) < 4.78 is 5.14. The van der Waals surface area contributed by atoms with Crippen LogP contribution >= 0.6 is 0 Å². The zero-order chi connectivity index (χ0) is 19.4. The Kier molecular flexibility index (Phi) is 6.11. The molecule has 10 heteroatoms. The number of guanidine groups is 1. The number of likely N-dealkylation sites (tertiary alicyclic amines) is 1. The standard InChI is InChI=1S/C15H25N5O5/c1-9(21)20-8-10(22)15(11(20)23,6-5-7-18-12(16)17)19-13(24)25-14(2,3)4/h5-8H2,1-4H3,(H,19,24)(H4,16,17,18). The van der Waals surface area contributed by atoms with Crippen molar-refractivity contribution in [2.45, 2.75) is 51.7 Å². The smallest absolute Gasteiger partial charge is 0.408 e. The van der Waals surface area contributed by atoms with E-state index in [-0.39, 0.29) is 25.3 Å². The summed E-state index contributed by atoms with van der Waals surface area (Å²) in [6.45, 7) is 5.90. The molecular weight excluding hydrogens is 330 g/mol. The highest BCUT2D eigenvalue weighted by Gasteiger charge is 2.56. The van der Waals surface area contributed by atoms with Gasteiger partial charge in [0.25, 0.3) is 5.91 Å². The molecule has 1 fully saturated rings. The van der Waals surface area contributed by atoms with Crippen LogP contribution in [0.4, 0.5) is 4.79 Å². The second kappa shape index (κ2) is 7.49.